The number of nitrogens with one attached hydrogen (secondary N) is 1. The summed E-state index contributed by atoms with van der Waals surface area (Å²) in [5.41, 5.74) is 5.53. The molecule has 2 aromatic carbocycles. The SMILES string of the molecule is CCCCn1c(N)c(N(Cc2ccccc2OC)C(=O)c2cc(Cl)cc(Cl)c2)c(=O)[nH]c1=O. The number of amides is 1. The zero-order valence-electron chi connectivity index (χ0n) is 18.2. The molecular weight excluding hydrogens is 467 g/mol. The maximum Gasteiger partial charge on any atom is 0.330 e. The van der Waals surface area contributed by atoms with Gasteiger partial charge in [0.1, 0.15) is 11.6 Å². The van der Waals surface area contributed by atoms with Crippen molar-refractivity contribution in [1.82, 2.24) is 9.55 Å². The monoisotopic (exact) mass is 490 g/mol. The quantitative estimate of drug-likeness (QED) is 0.494. The van der Waals surface area contributed by atoms with Crippen molar-refractivity contribution in [3.8, 4) is 5.75 Å². The highest BCUT2D eigenvalue weighted by atomic mass is 35.5. The van der Waals surface area contributed by atoms with E-state index in [0.717, 1.165) is 6.42 Å². The van der Waals surface area contributed by atoms with Crippen molar-refractivity contribution in [2.24, 2.45) is 0 Å². The van der Waals surface area contributed by atoms with Gasteiger partial charge in [0, 0.05) is 27.7 Å². The van der Waals surface area contributed by atoms with E-state index in [0.29, 0.717) is 24.3 Å². The average molecular weight is 491 g/mol. The normalized spacial score (nSPS) is 10.8. The fraction of sp³-hybridized carbons (Fsp3) is 0.261. The van der Waals surface area contributed by atoms with E-state index in [1.54, 1.807) is 24.3 Å². The second-order valence-corrected chi connectivity index (χ2v) is 8.23. The molecule has 0 bridgehead atoms. The van der Waals surface area contributed by atoms with Crippen molar-refractivity contribution in [3.63, 3.8) is 0 Å². The first-order valence-electron chi connectivity index (χ1n) is 10.3. The van der Waals surface area contributed by atoms with Crippen molar-refractivity contribution >= 4 is 40.6 Å². The molecule has 1 amide bonds. The highest BCUT2D eigenvalue weighted by molar-refractivity contribution is 6.35. The summed E-state index contributed by atoms with van der Waals surface area (Å²) in [6, 6.07) is 11.5. The molecule has 174 valence electrons. The second kappa shape index (κ2) is 10.6. The summed E-state index contributed by atoms with van der Waals surface area (Å²) in [5, 5.41) is 0.524. The molecule has 3 N–H and O–H groups in total. The lowest BCUT2D eigenvalue weighted by Crippen LogP contribution is -2.41. The fourth-order valence-corrected chi connectivity index (χ4v) is 3.99. The number of carbonyl (C=O) groups excluding carboxylic acids is 1. The first-order chi connectivity index (χ1) is 15.8. The molecule has 0 aliphatic heterocycles. The highest BCUT2D eigenvalue weighted by Crippen LogP contribution is 2.28. The Morgan fingerprint density at radius 2 is 1.82 bits per heavy atom. The number of unbranched alkanes of at least 4 members (excludes halogenated alkanes) is 1. The Balaban J connectivity index is 2.22. The maximum absolute atomic E-state index is 13.6. The molecule has 0 aliphatic rings. The number of hydrogen-bond donors (Lipinski definition) is 2. The number of methoxy groups -OCH3 is 1. The summed E-state index contributed by atoms with van der Waals surface area (Å²) in [5.74, 6) is -0.148. The number of aromatic nitrogens is 2. The van der Waals surface area contributed by atoms with Gasteiger partial charge in [0.15, 0.2) is 5.69 Å². The Bertz CT molecular complexity index is 1270. The summed E-state index contributed by atoms with van der Waals surface area (Å²) in [7, 11) is 1.51. The lowest BCUT2D eigenvalue weighted by atomic mass is 10.1. The van der Waals surface area contributed by atoms with Crippen molar-refractivity contribution in [1.29, 1.82) is 0 Å². The van der Waals surface area contributed by atoms with Crippen LogP contribution in [0, 0.1) is 0 Å². The van der Waals surface area contributed by atoms with Gasteiger partial charge in [-0.25, -0.2) is 4.79 Å². The number of hydrogen-bond acceptors (Lipinski definition) is 5. The Kier molecular flexibility index (Phi) is 7.84. The Morgan fingerprint density at radius 3 is 2.45 bits per heavy atom. The number of carbonyl (C=O) groups is 1. The third-order valence-corrected chi connectivity index (χ3v) is 5.53. The summed E-state index contributed by atoms with van der Waals surface area (Å²) >= 11 is 12.2. The molecule has 1 aromatic heterocycles. The number of halogens is 2. The van der Waals surface area contributed by atoms with Gasteiger partial charge in [0.2, 0.25) is 0 Å². The summed E-state index contributed by atoms with van der Waals surface area (Å²) in [6.45, 7) is 2.21. The van der Waals surface area contributed by atoms with Gasteiger partial charge in [-0.1, -0.05) is 54.7 Å². The summed E-state index contributed by atoms with van der Waals surface area (Å²) in [4.78, 5) is 42.4. The Hall–Kier alpha value is -3.23. The van der Waals surface area contributed by atoms with Crippen LogP contribution >= 0.6 is 23.2 Å². The molecule has 1 heterocycles. The van der Waals surface area contributed by atoms with Gasteiger partial charge in [-0.3, -0.25) is 24.0 Å². The lowest BCUT2D eigenvalue weighted by Gasteiger charge is -2.25. The van der Waals surface area contributed by atoms with Crippen LogP contribution in [0.15, 0.2) is 52.1 Å². The molecule has 3 rings (SSSR count). The van der Waals surface area contributed by atoms with Gasteiger partial charge < -0.3 is 10.5 Å². The molecule has 0 atom stereocenters. The zero-order valence-corrected chi connectivity index (χ0v) is 19.7. The molecule has 3 aromatic rings. The molecule has 0 radical (unpaired) electrons. The van der Waals surface area contributed by atoms with Crippen molar-refractivity contribution in [2.75, 3.05) is 17.7 Å². The Morgan fingerprint density at radius 1 is 1.15 bits per heavy atom. The molecular formula is C23H24Cl2N4O4. The molecule has 8 nitrogen and oxygen atoms in total. The molecule has 0 fully saturated rings. The van der Waals surface area contributed by atoms with Crippen molar-refractivity contribution in [3.05, 3.63) is 84.5 Å². The largest absolute Gasteiger partial charge is 0.496 e. The van der Waals surface area contributed by atoms with E-state index in [9.17, 15) is 14.4 Å². The molecule has 0 saturated carbocycles. The number of nitrogens with zero attached hydrogens (tertiary/aromatic N) is 2. The number of aromatic amines is 1. The molecule has 10 heteroatoms. The number of nitrogen functional groups attached to an aromatic ring is 1. The van der Waals surface area contributed by atoms with E-state index in [1.807, 2.05) is 6.92 Å². The van der Waals surface area contributed by atoms with Gasteiger partial charge in [-0.05, 0) is 30.7 Å². The lowest BCUT2D eigenvalue weighted by molar-refractivity contribution is 0.0984. The molecule has 0 spiro atoms. The Labute approximate surface area is 200 Å². The van der Waals surface area contributed by atoms with Gasteiger partial charge in [0.05, 0.1) is 13.7 Å². The number of ether oxygens (including phenoxy) is 1. The van der Waals surface area contributed by atoms with Crippen molar-refractivity contribution < 1.29 is 9.53 Å². The predicted molar refractivity (Wildman–Crippen MR) is 131 cm³/mol. The van der Waals surface area contributed by atoms with Crippen LogP contribution in [0.25, 0.3) is 0 Å². The number of para-hydroxylation sites is 1. The molecule has 0 saturated heterocycles. The first-order valence-corrected chi connectivity index (χ1v) is 11.0. The number of rotatable bonds is 8. The fourth-order valence-electron chi connectivity index (χ4n) is 3.47. The number of H-pyrrole nitrogens is 1. The van der Waals surface area contributed by atoms with Gasteiger partial charge in [0.25, 0.3) is 11.5 Å². The molecule has 0 aliphatic carbocycles. The minimum absolute atomic E-state index is 0.0494. The topological polar surface area (TPSA) is 110 Å². The minimum atomic E-state index is -0.776. The number of benzene rings is 2. The van der Waals surface area contributed by atoms with Crippen molar-refractivity contribution in [2.45, 2.75) is 32.9 Å². The maximum atomic E-state index is 13.6. The third kappa shape index (κ3) is 5.40. The molecule has 33 heavy (non-hydrogen) atoms. The van der Waals surface area contributed by atoms with Crippen LogP contribution in [-0.2, 0) is 13.1 Å². The van der Waals surface area contributed by atoms with Crippen LogP contribution in [0.3, 0.4) is 0 Å². The first kappa shape index (κ1) is 24.4. The minimum Gasteiger partial charge on any atom is -0.496 e. The van der Waals surface area contributed by atoms with Gasteiger partial charge >= 0.3 is 5.69 Å². The van der Waals surface area contributed by atoms with Crippen LogP contribution < -0.4 is 26.6 Å². The van der Waals surface area contributed by atoms with Crippen LogP contribution in [0.2, 0.25) is 10.0 Å². The smallest absolute Gasteiger partial charge is 0.330 e. The second-order valence-electron chi connectivity index (χ2n) is 7.36. The predicted octanol–water partition coefficient (Wildman–Crippen LogP) is 4.08. The van der Waals surface area contributed by atoms with Crippen LogP contribution in [0.5, 0.6) is 5.75 Å². The summed E-state index contributed by atoms with van der Waals surface area (Å²) in [6.07, 6.45) is 1.48. The molecule has 0 unspecified atom stereocenters. The van der Waals surface area contributed by atoms with E-state index >= 15 is 0 Å². The number of nitrogens with two attached hydrogens (primary N) is 1. The average Bonchev–Trinajstić information content (AvgIpc) is 2.77. The number of anilines is 2. The van der Waals surface area contributed by atoms with Crippen LogP contribution in [0.4, 0.5) is 11.5 Å². The van der Waals surface area contributed by atoms with Crippen LogP contribution in [-0.4, -0.2) is 22.6 Å². The highest BCUT2D eigenvalue weighted by Gasteiger charge is 2.27. The van der Waals surface area contributed by atoms with E-state index in [2.05, 4.69) is 4.98 Å². The van der Waals surface area contributed by atoms with E-state index in [4.69, 9.17) is 33.7 Å². The summed E-state index contributed by atoms with van der Waals surface area (Å²) < 4.78 is 6.67. The van der Waals surface area contributed by atoms with Gasteiger partial charge in [-0.15, -0.1) is 0 Å². The van der Waals surface area contributed by atoms with E-state index in [-0.39, 0.29) is 33.7 Å². The third-order valence-electron chi connectivity index (χ3n) is 5.09. The zero-order chi connectivity index (χ0) is 24.1. The van der Waals surface area contributed by atoms with E-state index in [1.165, 1.54) is 34.8 Å². The van der Waals surface area contributed by atoms with Crippen LogP contribution in [0.1, 0.15) is 35.7 Å². The van der Waals surface area contributed by atoms with Gasteiger partial charge in [-0.2, -0.15) is 0 Å². The van der Waals surface area contributed by atoms with E-state index < -0.39 is 17.2 Å². The standard InChI is InChI=1S/C23H24Cl2N4O4/c1-3-4-9-28-20(26)19(21(30)27-23(28)32)29(13-14-7-5-6-8-18(14)33-2)22(31)15-10-16(24)12-17(25)11-15/h5-8,10-12H,3-4,9,13,26H2,1-2H3,(H,27,30,32).